The summed E-state index contributed by atoms with van der Waals surface area (Å²) >= 11 is 0. The minimum Gasteiger partial charge on any atom is -0.494 e. The molecule has 2 rings (SSSR count). The summed E-state index contributed by atoms with van der Waals surface area (Å²) in [6, 6.07) is 18.1. The molecule has 0 bridgehead atoms. The van der Waals surface area contributed by atoms with Crippen LogP contribution in [0.15, 0.2) is 54.6 Å². The first-order chi connectivity index (χ1) is 10.4. The van der Waals surface area contributed by atoms with Crippen LogP contribution in [-0.2, 0) is 6.61 Å². The highest BCUT2D eigenvalue weighted by molar-refractivity contribution is 5.31. The van der Waals surface area contributed by atoms with Gasteiger partial charge in [-0.05, 0) is 36.2 Å². The Kier molecular flexibility index (Phi) is 6.66. The number of hydrogen-bond acceptors (Lipinski definition) is 2. The molecule has 0 heterocycles. The highest BCUT2D eigenvalue weighted by Gasteiger charge is 1.98. The second-order valence-electron chi connectivity index (χ2n) is 5.15. The predicted octanol–water partition coefficient (Wildman–Crippen LogP) is 5.22. The van der Waals surface area contributed by atoms with Gasteiger partial charge in [-0.25, -0.2) is 0 Å². The predicted molar refractivity (Wildman–Crippen MR) is 86.9 cm³/mol. The van der Waals surface area contributed by atoms with Gasteiger partial charge in [-0.15, -0.1) is 0 Å². The fourth-order valence-electron chi connectivity index (χ4n) is 2.09. The Hall–Kier alpha value is -1.96. The number of rotatable bonds is 9. The van der Waals surface area contributed by atoms with E-state index in [9.17, 15) is 0 Å². The maximum atomic E-state index is 5.75. The maximum Gasteiger partial charge on any atom is 0.120 e. The smallest absolute Gasteiger partial charge is 0.120 e. The third-order valence-corrected chi connectivity index (χ3v) is 3.34. The van der Waals surface area contributed by atoms with Gasteiger partial charge in [0, 0.05) is 0 Å². The van der Waals surface area contributed by atoms with Crippen LogP contribution >= 0.6 is 0 Å². The van der Waals surface area contributed by atoms with Gasteiger partial charge in [0.15, 0.2) is 0 Å². The zero-order valence-corrected chi connectivity index (χ0v) is 12.8. The molecule has 0 aliphatic rings. The van der Waals surface area contributed by atoms with Crippen LogP contribution in [0.5, 0.6) is 11.5 Å². The number of ether oxygens (including phenoxy) is 2. The quantitative estimate of drug-likeness (QED) is 0.587. The fourth-order valence-corrected chi connectivity index (χ4v) is 2.09. The van der Waals surface area contributed by atoms with Gasteiger partial charge in [-0.3, -0.25) is 0 Å². The van der Waals surface area contributed by atoms with Crippen molar-refractivity contribution in [1.29, 1.82) is 0 Å². The Morgan fingerprint density at radius 3 is 2.05 bits per heavy atom. The van der Waals surface area contributed by atoms with Gasteiger partial charge in [0.2, 0.25) is 0 Å². The monoisotopic (exact) mass is 284 g/mol. The zero-order valence-electron chi connectivity index (χ0n) is 12.8. The second-order valence-corrected chi connectivity index (χ2v) is 5.15. The lowest BCUT2D eigenvalue weighted by Gasteiger charge is -2.09. The molecular formula is C19H24O2. The summed E-state index contributed by atoms with van der Waals surface area (Å²) < 4.78 is 11.5. The molecule has 0 aromatic heterocycles. The zero-order chi connectivity index (χ0) is 14.8. The van der Waals surface area contributed by atoms with Crippen molar-refractivity contribution in [2.75, 3.05) is 6.61 Å². The van der Waals surface area contributed by atoms with Gasteiger partial charge >= 0.3 is 0 Å². The van der Waals surface area contributed by atoms with Crippen LogP contribution in [0.4, 0.5) is 0 Å². The van der Waals surface area contributed by atoms with Crippen LogP contribution < -0.4 is 9.47 Å². The van der Waals surface area contributed by atoms with E-state index >= 15 is 0 Å². The summed E-state index contributed by atoms with van der Waals surface area (Å²) in [6.07, 6.45) is 4.91. The molecule has 112 valence electrons. The van der Waals surface area contributed by atoms with Crippen molar-refractivity contribution in [3.05, 3.63) is 60.2 Å². The van der Waals surface area contributed by atoms with Gasteiger partial charge in [0.25, 0.3) is 0 Å². The molecule has 0 atom stereocenters. The summed E-state index contributed by atoms with van der Waals surface area (Å²) in [6.45, 7) is 3.61. The normalized spacial score (nSPS) is 10.3. The van der Waals surface area contributed by atoms with E-state index in [1.54, 1.807) is 0 Å². The lowest BCUT2D eigenvalue weighted by Crippen LogP contribution is -1.98. The molecule has 0 spiro atoms. The van der Waals surface area contributed by atoms with Crippen LogP contribution in [0.25, 0.3) is 0 Å². The lowest BCUT2D eigenvalue weighted by atomic mass is 10.2. The highest BCUT2D eigenvalue weighted by atomic mass is 16.5. The van der Waals surface area contributed by atoms with Crippen molar-refractivity contribution in [2.24, 2.45) is 0 Å². The first-order valence-electron chi connectivity index (χ1n) is 7.78. The minimum absolute atomic E-state index is 0.595. The molecule has 0 fully saturated rings. The average Bonchev–Trinajstić information content (AvgIpc) is 2.55. The van der Waals surface area contributed by atoms with Crippen molar-refractivity contribution in [3.63, 3.8) is 0 Å². The molecular weight excluding hydrogens is 260 g/mol. The van der Waals surface area contributed by atoms with Crippen LogP contribution in [0.3, 0.4) is 0 Å². The van der Waals surface area contributed by atoms with E-state index in [2.05, 4.69) is 19.1 Å². The van der Waals surface area contributed by atoms with Gasteiger partial charge in [-0.1, -0.05) is 56.5 Å². The standard InChI is InChI=1S/C19H24O2/c1-2-3-4-8-15-20-18-11-13-19(14-12-18)21-16-17-9-6-5-7-10-17/h5-7,9-14H,2-4,8,15-16H2,1H3. The highest BCUT2D eigenvalue weighted by Crippen LogP contribution is 2.19. The summed E-state index contributed by atoms with van der Waals surface area (Å²) in [4.78, 5) is 0. The second kappa shape index (κ2) is 9.06. The Bertz CT molecular complexity index is 491. The van der Waals surface area contributed by atoms with E-state index in [4.69, 9.17) is 9.47 Å². The third-order valence-electron chi connectivity index (χ3n) is 3.34. The molecule has 21 heavy (non-hydrogen) atoms. The van der Waals surface area contributed by atoms with E-state index in [0.29, 0.717) is 6.61 Å². The van der Waals surface area contributed by atoms with Gasteiger partial charge in [-0.2, -0.15) is 0 Å². The maximum absolute atomic E-state index is 5.75. The molecule has 2 nitrogen and oxygen atoms in total. The Labute approximate surface area is 127 Å². The van der Waals surface area contributed by atoms with E-state index < -0.39 is 0 Å². The third kappa shape index (κ3) is 5.90. The van der Waals surface area contributed by atoms with Gasteiger partial charge in [0.1, 0.15) is 18.1 Å². The van der Waals surface area contributed by atoms with Crippen LogP contribution in [0, 0.1) is 0 Å². The number of hydrogen-bond donors (Lipinski definition) is 0. The molecule has 0 amide bonds. The molecule has 0 aliphatic carbocycles. The van der Waals surface area contributed by atoms with Crippen LogP contribution in [-0.4, -0.2) is 6.61 Å². The molecule has 0 saturated heterocycles. The number of benzene rings is 2. The first-order valence-corrected chi connectivity index (χ1v) is 7.78. The molecule has 0 aliphatic heterocycles. The van der Waals surface area contributed by atoms with E-state index in [-0.39, 0.29) is 0 Å². The molecule has 0 unspecified atom stereocenters. The van der Waals surface area contributed by atoms with E-state index in [1.807, 2.05) is 42.5 Å². The summed E-state index contributed by atoms with van der Waals surface area (Å²) in [7, 11) is 0. The van der Waals surface area contributed by atoms with Gasteiger partial charge < -0.3 is 9.47 Å². The van der Waals surface area contributed by atoms with Crippen molar-refractivity contribution < 1.29 is 9.47 Å². The molecule has 0 saturated carbocycles. The molecule has 2 heteroatoms. The minimum atomic E-state index is 0.595. The topological polar surface area (TPSA) is 18.5 Å². The Morgan fingerprint density at radius 1 is 0.714 bits per heavy atom. The Balaban J connectivity index is 1.71. The van der Waals surface area contributed by atoms with Crippen LogP contribution in [0.1, 0.15) is 38.2 Å². The average molecular weight is 284 g/mol. The van der Waals surface area contributed by atoms with E-state index in [1.165, 1.54) is 24.8 Å². The van der Waals surface area contributed by atoms with Gasteiger partial charge in [0.05, 0.1) is 6.61 Å². The number of unbranched alkanes of at least 4 members (excludes halogenated alkanes) is 3. The summed E-state index contributed by atoms with van der Waals surface area (Å²) in [5, 5.41) is 0. The summed E-state index contributed by atoms with van der Waals surface area (Å²) in [5.41, 5.74) is 1.17. The van der Waals surface area contributed by atoms with Crippen molar-refractivity contribution in [3.8, 4) is 11.5 Å². The summed E-state index contributed by atoms with van der Waals surface area (Å²) in [5.74, 6) is 1.79. The van der Waals surface area contributed by atoms with E-state index in [0.717, 1.165) is 24.5 Å². The Morgan fingerprint density at radius 2 is 1.38 bits per heavy atom. The molecule has 0 radical (unpaired) electrons. The SMILES string of the molecule is CCCCCCOc1ccc(OCc2ccccc2)cc1. The van der Waals surface area contributed by atoms with Crippen molar-refractivity contribution in [2.45, 2.75) is 39.2 Å². The lowest BCUT2D eigenvalue weighted by molar-refractivity contribution is 0.297. The van der Waals surface area contributed by atoms with Crippen molar-refractivity contribution in [1.82, 2.24) is 0 Å². The largest absolute Gasteiger partial charge is 0.494 e. The van der Waals surface area contributed by atoms with Crippen molar-refractivity contribution >= 4 is 0 Å². The molecule has 2 aromatic rings. The first kappa shape index (κ1) is 15.4. The fraction of sp³-hybridized carbons (Fsp3) is 0.368. The molecule has 2 aromatic carbocycles. The molecule has 0 N–H and O–H groups in total. The van der Waals surface area contributed by atoms with Crippen LogP contribution in [0.2, 0.25) is 0 Å².